The summed E-state index contributed by atoms with van der Waals surface area (Å²) in [6.45, 7) is 2.81. The molecule has 0 radical (unpaired) electrons. The molecule has 0 saturated carbocycles. The van der Waals surface area contributed by atoms with Crippen molar-refractivity contribution < 1.29 is 4.42 Å². The average Bonchev–Trinajstić information content (AvgIpc) is 2.99. The van der Waals surface area contributed by atoms with Gasteiger partial charge in [0.2, 0.25) is 0 Å². The molecule has 5 heteroatoms. The molecule has 1 unspecified atom stereocenters. The number of hydrogen-bond donors (Lipinski definition) is 1. The first-order valence-electron chi connectivity index (χ1n) is 6.88. The molecule has 2 N–H and O–H groups in total. The van der Waals surface area contributed by atoms with Gasteiger partial charge in [-0.3, -0.25) is 0 Å². The fraction of sp³-hybridized carbons (Fsp3) is 0.333. The standard InChI is InChI=1S/C15H16N4O/c1-9-18-12-3-2-10(6-14(12)20-9)15-13-7-11(16)4-5-19(13)8-17-15/h2-3,6,8,11H,4-5,7,16H2,1H3. The highest BCUT2D eigenvalue weighted by molar-refractivity contribution is 5.79. The van der Waals surface area contributed by atoms with Gasteiger partial charge in [0, 0.05) is 37.2 Å². The van der Waals surface area contributed by atoms with Crippen molar-refractivity contribution in [1.29, 1.82) is 0 Å². The number of benzene rings is 1. The van der Waals surface area contributed by atoms with Crippen molar-refractivity contribution in [2.45, 2.75) is 32.4 Å². The molecule has 1 aliphatic rings. The van der Waals surface area contributed by atoms with Gasteiger partial charge in [0.05, 0.1) is 12.0 Å². The van der Waals surface area contributed by atoms with Gasteiger partial charge in [0.1, 0.15) is 5.52 Å². The van der Waals surface area contributed by atoms with Crippen molar-refractivity contribution in [2.75, 3.05) is 0 Å². The number of hydrogen-bond acceptors (Lipinski definition) is 4. The predicted molar refractivity (Wildman–Crippen MR) is 76.3 cm³/mol. The van der Waals surface area contributed by atoms with Crippen LogP contribution in [0, 0.1) is 6.92 Å². The summed E-state index contributed by atoms with van der Waals surface area (Å²) >= 11 is 0. The fourth-order valence-electron chi connectivity index (χ4n) is 2.90. The Bertz CT molecular complexity index is 786. The Morgan fingerprint density at radius 3 is 3.20 bits per heavy atom. The van der Waals surface area contributed by atoms with Gasteiger partial charge in [0.15, 0.2) is 11.5 Å². The molecule has 0 aliphatic carbocycles. The zero-order chi connectivity index (χ0) is 13.7. The first-order chi connectivity index (χ1) is 9.70. The zero-order valence-corrected chi connectivity index (χ0v) is 11.3. The summed E-state index contributed by atoms with van der Waals surface area (Å²) < 4.78 is 7.80. The lowest BCUT2D eigenvalue weighted by Gasteiger charge is -2.21. The maximum Gasteiger partial charge on any atom is 0.192 e. The molecule has 1 aliphatic heterocycles. The average molecular weight is 268 g/mol. The van der Waals surface area contributed by atoms with E-state index in [0.29, 0.717) is 5.89 Å². The molecule has 5 nitrogen and oxygen atoms in total. The Morgan fingerprint density at radius 2 is 2.30 bits per heavy atom. The summed E-state index contributed by atoms with van der Waals surface area (Å²) in [7, 11) is 0. The van der Waals surface area contributed by atoms with E-state index in [9.17, 15) is 0 Å². The Hall–Kier alpha value is -2.14. The molecule has 1 atom stereocenters. The highest BCUT2D eigenvalue weighted by Gasteiger charge is 2.20. The first-order valence-corrected chi connectivity index (χ1v) is 6.88. The fourth-order valence-corrected chi connectivity index (χ4v) is 2.90. The number of aryl methyl sites for hydroxylation is 2. The number of imidazole rings is 1. The minimum absolute atomic E-state index is 0.231. The molecule has 0 bridgehead atoms. The molecule has 102 valence electrons. The smallest absolute Gasteiger partial charge is 0.192 e. The number of aromatic nitrogens is 3. The lowest BCUT2D eigenvalue weighted by Crippen LogP contribution is -2.30. The van der Waals surface area contributed by atoms with Crippen molar-refractivity contribution in [2.24, 2.45) is 5.73 Å². The van der Waals surface area contributed by atoms with E-state index in [0.717, 1.165) is 41.7 Å². The molecular weight excluding hydrogens is 252 g/mol. The van der Waals surface area contributed by atoms with E-state index in [2.05, 4.69) is 14.5 Å². The van der Waals surface area contributed by atoms with Crippen LogP contribution in [0.15, 0.2) is 28.9 Å². The van der Waals surface area contributed by atoms with Gasteiger partial charge in [0.25, 0.3) is 0 Å². The first kappa shape index (κ1) is 11.7. The highest BCUT2D eigenvalue weighted by atomic mass is 16.3. The molecule has 2 aromatic heterocycles. The van der Waals surface area contributed by atoms with Gasteiger partial charge in [-0.25, -0.2) is 9.97 Å². The van der Waals surface area contributed by atoms with Gasteiger partial charge >= 0.3 is 0 Å². The molecule has 4 rings (SSSR count). The van der Waals surface area contributed by atoms with E-state index >= 15 is 0 Å². The molecule has 0 amide bonds. The van der Waals surface area contributed by atoms with Crippen LogP contribution in [-0.2, 0) is 13.0 Å². The molecule has 1 aromatic carbocycles. The van der Waals surface area contributed by atoms with Gasteiger partial charge in [-0.1, -0.05) is 6.07 Å². The Labute approximate surface area is 116 Å². The van der Waals surface area contributed by atoms with Crippen molar-refractivity contribution >= 4 is 11.1 Å². The molecular formula is C15H16N4O. The van der Waals surface area contributed by atoms with E-state index in [4.69, 9.17) is 10.2 Å². The third kappa shape index (κ3) is 1.74. The van der Waals surface area contributed by atoms with Crippen LogP contribution in [0.5, 0.6) is 0 Å². The summed E-state index contributed by atoms with van der Waals surface area (Å²) in [5.41, 5.74) is 11.1. The third-order valence-corrected chi connectivity index (χ3v) is 3.91. The van der Waals surface area contributed by atoms with Gasteiger partial charge in [-0.15, -0.1) is 0 Å². The summed E-state index contributed by atoms with van der Waals surface area (Å²) in [6, 6.07) is 6.27. The summed E-state index contributed by atoms with van der Waals surface area (Å²) in [5, 5.41) is 0. The second-order valence-electron chi connectivity index (χ2n) is 5.40. The Morgan fingerprint density at radius 1 is 1.40 bits per heavy atom. The van der Waals surface area contributed by atoms with E-state index < -0.39 is 0 Å². The molecule has 0 saturated heterocycles. The number of rotatable bonds is 1. The van der Waals surface area contributed by atoms with Gasteiger partial charge in [-0.2, -0.15) is 0 Å². The Balaban J connectivity index is 1.84. The van der Waals surface area contributed by atoms with E-state index in [-0.39, 0.29) is 6.04 Å². The van der Waals surface area contributed by atoms with Crippen LogP contribution in [0.25, 0.3) is 22.4 Å². The van der Waals surface area contributed by atoms with E-state index in [1.807, 2.05) is 31.5 Å². The largest absolute Gasteiger partial charge is 0.441 e. The second kappa shape index (κ2) is 4.18. The number of nitrogens with zero attached hydrogens (tertiary/aromatic N) is 3. The van der Waals surface area contributed by atoms with E-state index in [1.54, 1.807) is 0 Å². The summed E-state index contributed by atoms with van der Waals surface area (Å²) in [5.74, 6) is 0.686. The maximum absolute atomic E-state index is 6.08. The van der Waals surface area contributed by atoms with Crippen molar-refractivity contribution in [3.63, 3.8) is 0 Å². The van der Waals surface area contributed by atoms with Gasteiger partial charge in [-0.05, 0) is 18.6 Å². The van der Waals surface area contributed by atoms with Gasteiger partial charge < -0.3 is 14.7 Å². The SMILES string of the molecule is Cc1nc2ccc(-c3ncn4c3CC(N)CC4)cc2o1. The quantitative estimate of drug-likeness (QED) is 0.735. The van der Waals surface area contributed by atoms with Crippen LogP contribution >= 0.6 is 0 Å². The molecule has 20 heavy (non-hydrogen) atoms. The normalized spacial score (nSPS) is 18.4. The van der Waals surface area contributed by atoms with Crippen LogP contribution in [0.1, 0.15) is 18.0 Å². The van der Waals surface area contributed by atoms with Crippen LogP contribution in [0.3, 0.4) is 0 Å². The van der Waals surface area contributed by atoms with Crippen LogP contribution in [0.2, 0.25) is 0 Å². The van der Waals surface area contributed by atoms with Crippen molar-refractivity contribution in [1.82, 2.24) is 14.5 Å². The number of oxazole rings is 1. The molecule has 0 fully saturated rings. The third-order valence-electron chi connectivity index (χ3n) is 3.91. The maximum atomic E-state index is 6.08. The molecule has 3 aromatic rings. The van der Waals surface area contributed by atoms with Crippen LogP contribution < -0.4 is 5.73 Å². The number of nitrogens with two attached hydrogens (primary N) is 1. The second-order valence-corrected chi connectivity index (χ2v) is 5.40. The Kier molecular flexibility index (Phi) is 2.44. The lowest BCUT2D eigenvalue weighted by molar-refractivity contribution is 0.472. The summed E-state index contributed by atoms with van der Waals surface area (Å²) in [6.07, 6.45) is 3.80. The van der Waals surface area contributed by atoms with Crippen LogP contribution in [0.4, 0.5) is 0 Å². The molecule has 0 spiro atoms. The van der Waals surface area contributed by atoms with Crippen molar-refractivity contribution in [3.8, 4) is 11.3 Å². The lowest BCUT2D eigenvalue weighted by atomic mass is 10.0. The topological polar surface area (TPSA) is 69.9 Å². The van der Waals surface area contributed by atoms with Crippen molar-refractivity contribution in [3.05, 3.63) is 36.1 Å². The van der Waals surface area contributed by atoms with E-state index in [1.165, 1.54) is 5.69 Å². The summed E-state index contributed by atoms with van der Waals surface area (Å²) in [4.78, 5) is 8.88. The minimum Gasteiger partial charge on any atom is -0.441 e. The monoisotopic (exact) mass is 268 g/mol. The molecule has 3 heterocycles. The zero-order valence-electron chi connectivity index (χ0n) is 11.3. The predicted octanol–water partition coefficient (Wildman–Crippen LogP) is 2.27. The minimum atomic E-state index is 0.231. The number of fused-ring (bicyclic) bond motifs is 2. The highest BCUT2D eigenvalue weighted by Crippen LogP contribution is 2.29. The van der Waals surface area contributed by atoms with Crippen LogP contribution in [-0.4, -0.2) is 20.6 Å².